The number of nitrogens with zero attached hydrogens (tertiary/aromatic N) is 2. The number of hydrogen-bond acceptors (Lipinski definition) is 4. The molecule has 4 heteroatoms. The lowest BCUT2D eigenvalue weighted by Crippen LogP contribution is -2.43. The number of aliphatic hydroxyl groups excluding tert-OH is 1. The Kier molecular flexibility index (Phi) is 4.69. The lowest BCUT2D eigenvalue weighted by molar-refractivity contribution is 0.122. The van der Waals surface area contributed by atoms with Crippen LogP contribution in [-0.2, 0) is 0 Å². The van der Waals surface area contributed by atoms with E-state index in [4.69, 9.17) is 5.73 Å². The standard InChI is InChI=1S/C14H23N3O/c1-2-12(15)14(13-5-3-4-8-16-13)17(9-10-18)11-6-7-11/h3-5,8,11-12,14,18H,2,6-7,9-10,15H2,1H3. The fourth-order valence-electron chi connectivity index (χ4n) is 2.48. The quantitative estimate of drug-likeness (QED) is 0.765. The van der Waals surface area contributed by atoms with Crippen LogP contribution in [0.2, 0.25) is 0 Å². The summed E-state index contributed by atoms with van der Waals surface area (Å²) in [7, 11) is 0. The minimum absolute atomic E-state index is 0.0621. The third-order valence-corrected chi connectivity index (χ3v) is 3.60. The molecule has 0 aromatic carbocycles. The van der Waals surface area contributed by atoms with E-state index in [2.05, 4.69) is 16.8 Å². The number of rotatable bonds is 7. The fourth-order valence-corrected chi connectivity index (χ4v) is 2.48. The van der Waals surface area contributed by atoms with Crippen LogP contribution in [-0.4, -0.2) is 40.2 Å². The van der Waals surface area contributed by atoms with Gasteiger partial charge in [-0.3, -0.25) is 9.88 Å². The van der Waals surface area contributed by atoms with Gasteiger partial charge < -0.3 is 10.8 Å². The molecule has 1 fully saturated rings. The zero-order valence-electron chi connectivity index (χ0n) is 11.0. The second-order valence-electron chi connectivity index (χ2n) is 4.96. The van der Waals surface area contributed by atoms with Gasteiger partial charge in [-0.1, -0.05) is 13.0 Å². The molecule has 1 aromatic heterocycles. The van der Waals surface area contributed by atoms with Gasteiger partial charge in [0.15, 0.2) is 0 Å². The van der Waals surface area contributed by atoms with E-state index >= 15 is 0 Å². The number of aliphatic hydroxyl groups is 1. The summed E-state index contributed by atoms with van der Waals surface area (Å²) in [6.07, 6.45) is 5.14. The first-order valence-corrected chi connectivity index (χ1v) is 6.81. The highest BCUT2D eigenvalue weighted by Crippen LogP contribution is 2.35. The summed E-state index contributed by atoms with van der Waals surface area (Å²) in [5.41, 5.74) is 7.30. The Morgan fingerprint density at radius 1 is 1.50 bits per heavy atom. The topological polar surface area (TPSA) is 62.4 Å². The Morgan fingerprint density at radius 3 is 2.78 bits per heavy atom. The van der Waals surface area contributed by atoms with Crippen molar-refractivity contribution >= 4 is 0 Å². The van der Waals surface area contributed by atoms with Crippen LogP contribution in [0.3, 0.4) is 0 Å². The highest BCUT2D eigenvalue weighted by molar-refractivity contribution is 5.13. The summed E-state index contributed by atoms with van der Waals surface area (Å²) in [6, 6.07) is 6.71. The molecule has 0 amide bonds. The van der Waals surface area contributed by atoms with Crippen molar-refractivity contribution in [1.29, 1.82) is 0 Å². The Hall–Kier alpha value is -0.970. The SMILES string of the molecule is CCC(N)C(c1ccccn1)N(CCO)C1CC1. The van der Waals surface area contributed by atoms with Gasteiger partial charge in [-0.05, 0) is 31.4 Å². The molecule has 0 saturated heterocycles. The van der Waals surface area contributed by atoms with Crippen LogP contribution in [0, 0.1) is 0 Å². The van der Waals surface area contributed by atoms with Crippen molar-refractivity contribution in [3.8, 4) is 0 Å². The minimum Gasteiger partial charge on any atom is -0.395 e. The van der Waals surface area contributed by atoms with Gasteiger partial charge in [0.1, 0.15) is 0 Å². The molecule has 100 valence electrons. The molecule has 1 heterocycles. The van der Waals surface area contributed by atoms with E-state index < -0.39 is 0 Å². The molecule has 2 atom stereocenters. The number of pyridine rings is 1. The monoisotopic (exact) mass is 249 g/mol. The van der Waals surface area contributed by atoms with E-state index in [9.17, 15) is 5.11 Å². The lowest BCUT2D eigenvalue weighted by Gasteiger charge is -2.34. The van der Waals surface area contributed by atoms with Crippen LogP contribution < -0.4 is 5.73 Å². The van der Waals surface area contributed by atoms with E-state index in [0.29, 0.717) is 12.6 Å². The molecule has 2 rings (SSSR count). The third kappa shape index (κ3) is 3.07. The van der Waals surface area contributed by atoms with E-state index in [0.717, 1.165) is 12.1 Å². The van der Waals surface area contributed by atoms with E-state index in [1.807, 2.05) is 24.4 Å². The maximum Gasteiger partial charge on any atom is 0.0676 e. The van der Waals surface area contributed by atoms with E-state index in [-0.39, 0.29) is 18.7 Å². The van der Waals surface area contributed by atoms with Gasteiger partial charge >= 0.3 is 0 Å². The zero-order valence-corrected chi connectivity index (χ0v) is 11.0. The molecule has 0 radical (unpaired) electrons. The molecule has 2 unspecified atom stereocenters. The average Bonchev–Trinajstić information content (AvgIpc) is 3.23. The van der Waals surface area contributed by atoms with Crippen molar-refractivity contribution in [2.45, 2.75) is 44.3 Å². The average molecular weight is 249 g/mol. The summed E-state index contributed by atoms with van der Waals surface area (Å²) >= 11 is 0. The lowest BCUT2D eigenvalue weighted by atomic mass is 10.00. The van der Waals surface area contributed by atoms with Gasteiger partial charge in [-0.15, -0.1) is 0 Å². The largest absolute Gasteiger partial charge is 0.395 e. The van der Waals surface area contributed by atoms with E-state index in [1.54, 1.807) is 0 Å². The van der Waals surface area contributed by atoms with Gasteiger partial charge in [-0.2, -0.15) is 0 Å². The molecule has 0 bridgehead atoms. The fraction of sp³-hybridized carbons (Fsp3) is 0.643. The molecule has 0 spiro atoms. The first kappa shape index (κ1) is 13.5. The molecule has 1 aliphatic carbocycles. The first-order chi connectivity index (χ1) is 8.77. The predicted molar refractivity (Wildman–Crippen MR) is 72.1 cm³/mol. The molecular weight excluding hydrogens is 226 g/mol. The minimum atomic E-state index is 0.0621. The predicted octanol–water partition coefficient (Wildman–Crippen LogP) is 1.32. The molecule has 0 aliphatic heterocycles. The maximum atomic E-state index is 9.26. The van der Waals surface area contributed by atoms with Gasteiger partial charge in [0, 0.05) is 24.8 Å². The van der Waals surface area contributed by atoms with Crippen LogP contribution in [0.5, 0.6) is 0 Å². The molecule has 1 aliphatic rings. The highest BCUT2D eigenvalue weighted by Gasteiger charge is 2.37. The summed E-state index contributed by atoms with van der Waals surface area (Å²) in [5, 5.41) is 9.26. The highest BCUT2D eigenvalue weighted by atomic mass is 16.3. The molecule has 1 saturated carbocycles. The second kappa shape index (κ2) is 6.27. The van der Waals surface area contributed by atoms with Gasteiger partial charge in [0.05, 0.1) is 18.3 Å². The number of hydrogen-bond donors (Lipinski definition) is 2. The summed E-state index contributed by atoms with van der Waals surface area (Å²) in [4.78, 5) is 6.79. The van der Waals surface area contributed by atoms with Crippen molar-refractivity contribution in [3.05, 3.63) is 30.1 Å². The van der Waals surface area contributed by atoms with Crippen molar-refractivity contribution in [1.82, 2.24) is 9.88 Å². The smallest absolute Gasteiger partial charge is 0.0676 e. The van der Waals surface area contributed by atoms with Crippen LogP contribution in [0.25, 0.3) is 0 Å². The van der Waals surface area contributed by atoms with Crippen LogP contribution >= 0.6 is 0 Å². The van der Waals surface area contributed by atoms with Gasteiger partial charge in [-0.25, -0.2) is 0 Å². The zero-order chi connectivity index (χ0) is 13.0. The molecule has 4 nitrogen and oxygen atoms in total. The normalized spacial score (nSPS) is 18.9. The summed E-state index contributed by atoms with van der Waals surface area (Å²) < 4.78 is 0. The van der Waals surface area contributed by atoms with Crippen molar-refractivity contribution < 1.29 is 5.11 Å². The molecule has 18 heavy (non-hydrogen) atoms. The van der Waals surface area contributed by atoms with Crippen molar-refractivity contribution in [2.24, 2.45) is 5.73 Å². The summed E-state index contributed by atoms with van der Waals surface area (Å²) in [5.74, 6) is 0. The third-order valence-electron chi connectivity index (χ3n) is 3.60. The van der Waals surface area contributed by atoms with Crippen LogP contribution in [0.4, 0.5) is 0 Å². The second-order valence-corrected chi connectivity index (χ2v) is 4.96. The van der Waals surface area contributed by atoms with Crippen LogP contribution in [0.15, 0.2) is 24.4 Å². The maximum absolute atomic E-state index is 9.26. The Balaban J connectivity index is 2.23. The van der Waals surface area contributed by atoms with Gasteiger partial charge in [0.25, 0.3) is 0 Å². The molecule has 1 aromatic rings. The van der Waals surface area contributed by atoms with Gasteiger partial charge in [0.2, 0.25) is 0 Å². The molecule has 3 N–H and O–H groups in total. The Bertz CT molecular complexity index is 353. The number of nitrogens with two attached hydrogens (primary N) is 1. The Labute approximate surface area is 109 Å². The molecular formula is C14H23N3O. The summed E-state index contributed by atoms with van der Waals surface area (Å²) in [6.45, 7) is 2.96. The number of aromatic nitrogens is 1. The van der Waals surface area contributed by atoms with Crippen molar-refractivity contribution in [3.63, 3.8) is 0 Å². The van der Waals surface area contributed by atoms with Crippen LogP contribution in [0.1, 0.15) is 37.9 Å². The van der Waals surface area contributed by atoms with E-state index in [1.165, 1.54) is 12.8 Å². The first-order valence-electron chi connectivity index (χ1n) is 6.81. The van der Waals surface area contributed by atoms with Crippen molar-refractivity contribution in [2.75, 3.05) is 13.2 Å². The Morgan fingerprint density at radius 2 is 2.28 bits per heavy atom.